The van der Waals surface area contributed by atoms with Gasteiger partial charge < -0.3 is 10.2 Å². The third-order valence-electron chi connectivity index (χ3n) is 3.55. The van der Waals surface area contributed by atoms with Crippen LogP contribution in [0.1, 0.15) is 18.7 Å². The van der Waals surface area contributed by atoms with Crippen LogP contribution in [-0.2, 0) is 4.79 Å². The maximum Gasteiger partial charge on any atom is 0.297 e. The van der Waals surface area contributed by atoms with E-state index in [1.807, 2.05) is 0 Å². The molecular formula is C14H14F2N4O. The Balaban J connectivity index is 2.02. The first-order valence-corrected chi connectivity index (χ1v) is 6.62. The molecule has 1 aromatic heterocycles. The Morgan fingerprint density at radius 3 is 2.76 bits per heavy atom. The molecule has 1 aliphatic rings. The number of benzene rings is 1. The van der Waals surface area contributed by atoms with Crippen molar-refractivity contribution in [2.75, 3.05) is 18.9 Å². The summed E-state index contributed by atoms with van der Waals surface area (Å²) in [6, 6.07) is 6.47. The number of carbonyl (C=O) groups is 1. The minimum atomic E-state index is -2.75. The van der Waals surface area contributed by atoms with E-state index >= 15 is 0 Å². The lowest BCUT2D eigenvalue weighted by Gasteiger charge is -2.15. The van der Waals surface area contributed by atoms with E-state index in [0.717, 1.165) is 0 Å². The summed E-state index contributed by atoms with van der Waals surface area (Å²) >= 11 is 0. The minimum Gasteiger partial charge on any atom is -0.358 e. The zero-order valence-corrected chi connectivity index (χ0v) is 11.4. The predicted molar refractivity (Wildman–Crippen MR) is 74.2 cm³/mol. The Kier molecular flexibility index (Phi) is 3.40. The third kappa shape index (κ3) is 2.51. The van der Waals surface area contributed by atoms with E-state index in [1.165, 1.54) is 0 Å². The minimum absolute atomic E-state index is 0.0590. The van der Waals surface area contributed by atoms with Crippen LogP contribution in [0.25, 0.3) is 10.9 Å². The molecule has 3 rings (SSSR count). The average molecular weight is 292 g/mol. The SMILES string of the molecule is CN1CCC(Nc2nc(C(F)F)nc3ccccc23)C1=O. The summed E-state index contributed by atoms with van der Waals surface area (Å²) in [4.78, 5) is 21.3. The van der Waals surface area contributed by atoms with Gasteiger partial charge in [-0.25, -0.2) is 18.7 Å². The van der Waals surface area contributed by atoms with Crippen LogP contribution < -0.4 is 5.32 Å². The summed E-state index contributed by atoms with van der Waals surface area (Å²) in [7, 11) is 1.71. The van der Waals surface area contributed by atoms with Crippen molar-refractivity contribution in [2.24, 2.45) is 0 Å². The van der Waals surface area contributed by atoms with Gasteiger partial charge in [-0.05, 0) is 18.6 Å². The topological polar surface area (TPSA) is 58.1 Å². The summed E-state index contributed by atoms with van der Waals surface area (Å²) < 4.78 is 25.8. The van der Waals surface area contributed by atoms with Crippen LogP contribution in [0.4, 0.5) is 14.6 Å². The van der Waals surface area contributed by atoms with E-state index in [0.29, 0.717) is 23.9 Å². The van der Waals surface area contributed by atoms with Gasteiger partial charge in [0.2, 0.25) is 5.91 Å². The van der Waals surface area contributed by atoms with Crippen molar-refractivity contribution in [1.29, 1.82) is 0 Å². The highest BCUT2D eigenvalue weighted by molar-refractivity contribution is 5.92. The van der Waals surface area contributed by atoms with E-state index in [4.69, 9.17) is 0 Å². The molecule has 1 unspecified atom stereocenters. The van der Waals surface area contributed by atoms with Crippen molar-refractivity contribution >= 4 is 22.6 Å². The van der Waals surface area contributed by atoms with Crippen molar-refractivity contribution in [3.63, 3.8) is 0 Å². The van der Waals surface area contributed by atoms with Crippen molar-refractivity contribution in [3.05, 3.63) is 30.1 Å². The van der Waals surface area contributed by atoms with Crippen LogP contribution in [0.3, 0.4) is 0 Å². The molecule has 1 aliphatic heterocycles. The summed E-state index contributed by atoms with van der Waals surface area (Å²) in [5.74, 6) is -0.309. The number of nitrogens with one attached hydrogen (secondary N) is 1. The van der Waals surface area contributed by atoms with Gasteiger partial charge in [0.1, 0.15) is 11.9 Å². The number of fused-ring (bicyclic) bond motifs is 1. The lowest BCUT2D eigenvalue weighted by Crippen LogP contribution is -2.31. The van der Waals surface area contributed by atoms with Gasteiger partial charge in [-0.1, -0.05) is 12.1 Å². The molecule has 0 aliphatic carbocycles. The highest BCUT2D eigenvalue weighted by Crippen LogP contribution is 2.26. The largest absolute Gasteiger partial charge is 0.358 e. The molecule has 2 heterocycles. The number of likely N-dealkylation sites (N-methyl/N-ethyl adjacent to an activating group) is 1. The molecule has 5 nitrogen and oxygen atoms in total. The fourth-order valence-electron chi connectivity index (χ4n) is 2.42. The van der Waals surface area contributed by atoms with Gasteiger partial charge in [-0.2, -0.15) is 0 Å². The molecular weight excluding hydrogens is 278 g/mol. The van der Waals surface area contributed by atoms with Crippen LogP contribution in [0.15, 0.2) is 24.3 Å². The standard InChI is InChI=1S/C14H14F2N4O/c1-20-7-6-10(14(20)21)18-12-8-4-2-3-5-9(8)17-13(19-12)11(15)16/h2-5,10-11H,6-7H2,1H3,(H,17,18,19). The number of carbonyl (C=O) groups excluding carboxylic acids is 1. The van der Waals surface area contributed by atoms with Gasteiger partial charge in [0, 0.05) is 19.0 Å². The van der Waals surface area contributed by atoms with E-state index in [-0.39, 0.29) is 11.7 Å². The van der Waals surface area contributed by atoms with Crippen LogP contribution in [0.2, 0.25) is 0 Å². The molecule has 21 heavy (non-hydrogen) atoms. The maximum atomic E-state index is 12.9. The Hall–Kier alpha value is -2.31. The van der Waals surface area contributed by atoms with Gasteiger partial charge in [0.05, 0.1) is 5.52 Å². The molecule has 0 spiro atoms. The molecule has 1 atom stereocenters. The Morgan fingerprint density at radius 2 is 2.10 bits per heavy atom. The van der Waals surface area contributed by atoms with Gasteiger partial charge in [0.25, 0.3) is 6.43 Å². The lowest BCUT2D eigenvalue weighted by atomic mass is 10.2. The summed E-state index contributed by atoms with van der Waals surface area (Å²) in [6.07, 6.45) is -2.13. The monoisotopic (exact) mass is 292 g/mol. The number of anilines is 1. The van der Waals surface area contributed by atoms with Gasteiger partial charge in [-0.15, -0.1) is 0 Å². The lowest BCUT2D eigenvalue weighted by molar-refractivity contribution is -0.127. The summed E-state index contributed by atoms with van der Waals surface area (Å²) in [5, 5.41) is 3.61. The second kappa shape index (κ2) is 5.23. The first-order valence-electron chi connectivity index (χ1n) is 6.62. The normalized spacial score (nSPS) is 18.8. The zero-order valence-electron chi connectivity index (χ0n) is 11.4. The first kappa shape index (κ1) is 13.7. The molecule has 110 valence electrons. The van der Waals surface area contributed by atoms with Crippen LogP contribution in [-0.4, -0.2) is 40.4 Å². The number of para-hydroxylation sites is 1. The number of hydrogen-bond donors (Lipinski definition) is 1. The van der Waals surface area contributed by atoms with Crippen LogP contribution >= 0.6 is 0 Å². The van der Waals surface area contributed by atoms with Crippen molar-refractivity contribution in [3.8, 4) is 0 Å². The molecule has 7 heteroatoms. The number of rotatable bonds is 3. The Labute approximate surface area is 120 Å². The number of amides is 1. The number of likely N-dealkylation sites (tertiary alicyclic amines) is 1. The van der Waals surface area contributed by atoms with Crippen molar-refractivity contribution < 1.29 is 13.6 Å². The quantitative estimate of drug-likeness (QED) is 0.942. The smallest absolute Gasteiger partial charge is 0.297 e. The molecule has 1 amide bonds. The van der Waals surface area contributed by atoms with Gasteiger partial charge in [0.15, 0.2) is 5.82 Å². The number of nitrogens with zero attached hydrogens (tertiary/aromatic N) is 3. The van der Waals surface area contributed by atoms with E-state index in [1.54, 1.807) is 36.2 Å². The summed E-state index contributed by atoms with van der Waals surface area (Å²) in [5.41, 5.74) is 0.434. The number of aromatic nitrogens is 2. The molecule has 0 saturated carbocycles. The molecule has 2 aromatic rings. The van der Waals surface area contributed by atoms with E-state index < -0.39 is 18.3 Å². The van der Waals surface area contributed by atoms with E-state index in [2.05, 4.69) is 15.3 Å². The molecule has 1 fully saturated rings. The molecule has 1 aromatic carbocycles. The van der Waals surface area contributed by atoms with Crippen LogP contribution in [0, 0.1) is 0 Å². The van der Waals surface area contributed by atoms with Crippen molar-refractivity contribution in [2.45, 2.75) is 18.9 Å². The fraction of sp³-hybridized carbons (Fsp3) is 0.357. The van der Waals surface area contributed by atoms with Crippen LogP contribution in [0.5, 0.6) is 0 Å². The molecule has 1 saturated heterocycles. The Morgan fingerprint density at radius 1 is 1.33 bits per heavy atom. The zero-order chi connectivity index (χ0) is 15.0. The summed E-state index contributed by atoms with van der Waals surface area (Å²) in [6.45, 7) is 0.640. The van der Waals surface area contributed by atoms with Gasteiger partial charge >= 0.3 is 0 Å². The number of halogens is 2. The van der Waals surface area contributed by atoms with Crippen molar-refractivity contribution in [1.82, 2.24) is 14.9 Å². The second-order valence-corrected chi connectivity index (χ2v) is 4.99. The maximum absolute atomic E-state index is 12.9. The molecule has 0 bridgehead atoms. The fourth-order valence-corrected chi connectivity index (χ4v) is 2.42. The molecule has 0 radical (unpaired) electrons. The predicted octanol–water partition coefficient (Wildman–Crippen LogP) is 2.21. The highest BCUT2D eigenvalue weighted by atomic mass is 19.3. The third-order valence-corrected chi connectivity index (χ3v) is 3.55. The Bertz CT molecular complexity index is 692. The second-order valence-electron chi connectivity index (χ2n) is 4.99. The molecule has 1 N–H and O–H groups in total. The van der Waals surface area contributed by atoms with Gasteiger partial charge in [-0.3, -0.25) is 4.79 Å². The first-order chi connectivity index (χ1) is 10.1. The number of hydrogen-bond acceptors (Lipinski definition) is 4. The van der Waals surface area contributed by atoms with E-state index in [9.17, 15) is 13.6 Å². The highest BCUT2D eigenvalue weighted by Gasteiger charge is 2.30. The average Bonchev–Trinajstić information content (AvgIpc) is 2.79. The number of alkyl halides is 2.